The molecule has 0 aromatic rings. The van der Waals surface area contributed by atoms with Crippen LogP contribution in [0.5, 0.6) is 0 Å². The number of morpholine rings is 1. The van der Waals surface area contributed by atoms with Crippen molar-refractivity contribution in [2.24, 2.45) is 0 Å². The van der Waals surface area contributed by atoms with Crippen molar-refractivity contribution in [3.05, 3.63) is 0 Å². The van der Waals surface area contributed by atoms with Crippen LogP contribution in [0.25, 0.3) is 0 Å². The summed E-state index contributed by atoms with van der Waals surface area (Å²) in [6.07, 6.45) is 1.33. The molecule has 0 amide bonds. The van der Waals surface area contributed by atoms with Gasteiger partial charge in [-0.3, -0.25) is 4.90 Å². The SMILES string of the molecule is CC1CN(C2CCOC2)CC(CO)O1. The van der Waals surface area contributed by atoms with Crippen LogP contribution in [0.15, 0.2) is 0 Å². The van der Waals surface area contributed by atoms with Gasteiger partial charge in [0.1, 0.15) is 0 Å². The van der Waals surface area contributed by atoms with E-state index in [4.69, 9.17) is 14.6 Å². The Kier molecular flexibility index (Phi) is 3.38. The van der Waals surface area contributed by atoms with Crippen LogP contribution in [0.4, 0.5) is 0 Å². The molecular formula is C10H19NO3. The van der Waals surface area contributed by atoms with Crippen LogP contribution in [0.3, 0.4) is 0 Å². The Labute approximate surface area is 84.8 Å². The highest BCUT2D eigenvalue weighted by Crippen LogP contribution is 2.18. The summed E-state index contributed by atoms with van der Waals surface area (Å²) in [4.78, 5) is 2.39. The Morgan fingerprint density at radius 1 is 1.43 bits per heavy atom. The van der Waals surface area contributed by atoms with Gasteiger partial charge in [0, 0.05) is 25.7 Å². The van der Waals surface area contributed by atoms with Crippen molar-refractivity contribution in [3.63, 3.8) is 0 Å². The van der Waals surface area contributed by atoms with Gasteiger partial charge in [-0.1, -0.05) is 0 Å². The van der Waals surface area contributed by atoms with Gasteiger partial charge in [-0.25, -0.2) is 0 Å². The fourth-order valence-corrected chi connectivity index (χ4v) is 2.29. The Balaban J connectivity index is 1.90. The molecule has 4 heteroatoms. The van der Waals surface area contributed by atoms with Gasteiger partial charge in [0.2, 0.25) is 0 Å². The molecule has 2 saturated heterocycles. The number of aliphatic hydroxyl groups is 1. The molecule has 2 rings (SSSR count). The summed E-state index contributed by atoms with van der Waals surface area (Å²) in [5, 5.41) is 9.09. The molecule has 3 unspecified atom stereocenters. The molecule has 0 aromatic carbocycles. The fourth-order valence-electron chi connectivity index (χ4n) is 2.29. The second-order valence-electron chi connectivity index (χ2n) is 4.22. The molecule has 2 heterocycles. The van der Waals surface area contributed by atoms with E-state index in [0.717, 1.165) is 32.7 Å². The molecule has 1 N–H and O–H groups in total. The monoisotopic (exact) mass is 201 g/mol. The molecule has 0 aliphatic carbocycles. The van der Waals surface area contributed by atoms with E-state index in [0.29, 0.717) is 6.04 Å². The maximum Gasteiger partial charge on any atom is 0.0936 e. The van der Waals surface area contributed by atoms with E-state index < -0.39 is 0 Å². The Morgan fingerprint density at radius 2 is 2.29 bits per heavy atom. The van der Waals surface area contributed by atoms with Crippen molar-refractivity contribution in [2.45, 2.75) is 31.6 Å². The summed E-state index contributed by atoms with van der Waals surface area (Å²) in [6, 6.07) is 0.537. The van der Waals surface area contributed by atoms with Gasteiger partial charge in [0.05, 0.1) is 25.4 Å². The maximum absolute atomic E-state index is 9.09. The number of ether oxygens (including phenoxy) is 2. The first kappa shape index (κ1) is 10.4. The zero-order valence-electron chi connectivity index (χ0n) is 8.69. The van der Waals surface area contributed by atoms with Gasteiger partial charge in [0.15, 0.2) is 0 Å². The third-order valence-corrected chi connectivity index (χ3v) is 2.98. The van der Waals surface area contributed by atoms with Crippen LogP contribution < -0.4 is 0 Å². The predicted molar refractivity (Wildman–Crippen MR) is 52.2 cm³/mol. The normalized spacial score (nSPS) is 40.3. The Hall–Kier alpha value is -0.160. The first-order valence-corrected chi connectivity index (χ1v) is 5.37. The lowest BCUT2D eigenvalue weighted by molar-refractivity contribution is -0.105. The highest BCUT2D eigenvalue weighted by atomic mass is 16.5. The molecule has 2 aliphatic rings. The molecule has 0 bridgehead atoms. The van der Waals surface area contributed by atoms with Gasteiger partial charge in [-0.2, -0.15) is 0 Å². The van der Waals surface area contributed by atoms with Crippen molar-refractivity contribution in [1.29, 1.82) is 0 Å². The molecule has 0 spiro atoms. The topological polar surface area (TPSA) is 41.9 Å². The summed E-state index contributed by atoms with van der Waals surface area (Å²) in [5.74, 6) is 0. The molecule has 0 radical (unpaired) electrons. The third-order valence-electron chi connectivity index (χ3n) is 2.98. The minimum Gasteiger partial charge on any atom is -0.394 e. The highest BCUT2D eigenvalue weighted by Gasteiger charge is 2.31. The molecule has 4 nitrogen and oxygen atoms in total. The standard InChI is InChI=1S/C10H19NO3/c1-8-4-11(5-10(6-12)14-8)9-2-3-13-7-9/h8-10,12H,2-7H2,1H3. The van der Waals surface area contributed by atoms with E-state index in [1.165, 1.54) is 0 Å². The highest BCUT2D eigenvalue weighted by molar-refractivity contribution is 4.83. The van der Waals surface area contributed by atoms with Crippen LogP contribution in [0.1, 0.15) is 13.3 Å². The number of hydrogen-bond acceptors (Lipinski definition) is 4. The second kappa shape index (κ2) is 4.57. The summed E-state index contributed by atoms with van der Waals surface area (Å²) < 4.78 is 11.0. The van der Waals surface area contributed by atoms with Gasteiger partial charge in [0.25, 0.3) is 0 Å². The van der Waals surface area contributed by atoms with Crippen LogP contribution >= 0.6 is 0 Å². The number of aliphatic hydroxyl groups excluding tert-OH is 1. The molecule has 2 aliphatic heterocycles. The average Bonchev–Trinajstić information content (AvgIpc) is 2.69. The first-order chi connectivity index (χ1) is 6.79. The summed E-state index contributed by atoms with van der Waals surface area (Å²) in [7, 11) is 0. The molecule has 0 saturated carbocycles. The minimum atomic E-state index is -0.0145. The summed E-state index contributed by atoms with van der Waals surface area (Å²) in [5.41, 5.74) is 0. The van der Waals surface area contributed by atoms with Gasteiger partial charge in [-0.15, -0.1) is 0 Å². The lowest BCUT2D eigenvalue weighted by Gasteiger charge is -2.38. The van der Waals surface area contributed by atoms with E-state index in [1.54, 1.807) is 0 Å². The maximum atomic E-state index is 9.09. The average molecular weight is 201 g/mol. The Bertz CT molecular complexity index is 182. The van der Waals surface area contributed by atoms with Gasteiger partial charge in [-0.05, 0) is 13.3 Å². The fraction of sp³-hybridized carbons (Fsp3) is 1.00. The van der Waals surface area contributed by atoms with Crippen LogP contribution in [0, 0.1) is 0 Å². The molecule has 14 heavy (non-hydrogen) atoms. The van der Waals surface area contributed by atoms with Crippen LogP contribution in [-0.2, 0) is 9.47 Å². The van der Waals surface area contributed by atoms with Crippen molar-refractivity contribution in [3.8, 4) is 0 Å². The van der Waals surface area contributed by atoms with Gasteiger partial charge >= 0.3 is 0 Å². The summed E-state index contributed by atoms with van der Waals surface area (Å²) in [6.45, 7) is 5.70. The van der Waals surface area contributed by atoms with Crippen molar-refractivity contribution in [2.75, 3.05) is 32.9 Å². The smallest absolute Gasteiger partial charge is 0.0936 e. The minimum absolute atomic E-state index is 0.0145. The first-order valence-electron chi connectivity index (χ1n) is 5.37. The number of hydrogen-bond donors (Lipinski definition) is 1. The van der Waals surface area contributed by atoms with E-state index in [-0.39, 0.29) is 18.8 Å². The van der Waals surface area contributed by atoms with E-state index in [9.17, 15) is 0 Å². The van der Waals surface area contributed by atoms with Gasteiger partial charge < -0.3 is 14.6 Å². The molecule has 82 valence electrons. The van der Waals surface area contributed by atoms with E-state index in [1.807, 2.05) is 0 Å². The van der Waals surface area contributed by atoms with Crippen molar-refractivity contribution >= 4 is 0 Å². The lowest BCUT2D eigenvalue weighted by Crippen LogP contribution is -2.52. The Morgan fingerprint density at radius 3 is 2.93 bits per heavy atom. The second-order valence-corrected chi connectivity index (χ2v) is 4.22. The third kappa shape index (κ3) is 2.25. The summed E-state index contributed by atoms with van der Waals surface area (Å²) >= 11 is 0. The zero-order chi connectivity index (χ0) is 9.97. The zero-order valence-corrected chi connectivity index (χ0v) is 8.69. The van der Waals surface area contributed by atoms with Crippen LogP contribution in [0.2, 0.25) is 0 Å². The molecular weight excluding hydrogens is 182 g/mol. The van der Waals surface area contributed by atoms with E-state index in [2.05, 4.69) is 11.8 Å². The quantitative estimate of drug-likeness (QED) is 0.675. The molecule has 2 fully saturated rings. The van der Waals surface area contributed by atoms with Crippen molar-refractivity contribution in [1.82, 2.24) is 4.90 Å². The van der Waals surface area contributed by atoms with E-state index >= 15 is 0 Å². The van der Waals surface area contributed by atoms with Crippen LogP contribution in [-0.4, -0.2) is 61.2 Å². The molecule has 3 atom stereocenters. The number of rotatable bonds is 2. The lowest BCUT2D eigenvalue weighted by atomic mass is 10.1. The number of nitrogens with zero attached hydrogens (tertiary/aromatic N) is 1. The van der Waals surface area contributed by atoms with Crippen molar-refractivity contribution < 1.29 is 14.6 Å². The molecule has 0 aromatic heterocycles. The largest absolute Gasteiger partial charge is 0.394 e. The predicted octanol–water partition coefficient (Wildman–Crippen LogP) is -0.143.